The molecule has 2 atom stereocenters. The highest BCUT2D eigenvalue weighted by Gasteiger charge is 2.53. The van der Waals surface area contributed by atoms with Crippen molar-refractivity contribution in [2.45, 2.75) is 58.1 Å². The molecule has 0 radical (unpaired) electrons. The zero-order valence-electron chi connectivity index (χ0n) is 17.5. The van der Waals surface area contributed by atoms with Gasteiger partial charge in [-0.05, 0) is 41.6 Å². The fourth-order valence-corrected chi connectivity index (χ4v) is 9.26. The summed E-state index contributed by atoms with van der Waals surface area (Å²) in [6, 6.07) is 21.2. The SMILES string of the molecule is CCOC(=O)[C@@H]1CCC[C@H]1O[Si](c1ccccc1)(c1ccccc1)C(C)(C)C. The summed E-state index contributed by atoms with van der Waals surface area (Å²) >= 11 is 0. The second-order valence-corrected chi connectivity index (χ2v) is 12.9. The van der Waals surface area contributed by atoms with E-state index in [1.54, 1.807) is 0 Å². The third-order valence-electron chi connectivity index (χ3n) is 5.79. The van der Waals surface area contributed by atoms with Gasteiger partial charge in [0, 0.05) is 0 Å². The monoisotopic (exact) mass is 396 g/mol. The van der Waals surface area contributed by atoms with Crippen LogP contribution in [-0.2, 0) is 14.0 Å². The van der Waals surface area contributed by atoms with Crippen LogP contribution < -0.4 is 10.4 Å². The number of rotatable bonds is 6. The molecular weight excluding hydrogens is 364 g/mol. The van der Waals surface area contributed by atoms with Crippen molar-refractivity contribution >= 4 is 24.7 Å². The number of benzene rings is 2. The minimum Gasteiger partial charge on any atom is -0.466 e. The van der Waals surface area contributed by atoms with Gasteiger partial charge in [0.25, 0.3) is 8.32 Å². The number of hydrogen-bond acceptors (Lipinski definition) is 3. The average Bonchev–Trinajstić information content (AvgIpc) is 3.15. The van der Waals surface area contributed by atoms with Gasteiger partial charge < -0.3 is 9.16 Å². The van der Waals surface area contributed by atoms with Gasteiger partial charge in [0.2, 0.25) is 0 Å². The molecular formula is C24H32O3Si. The van der Waals surface area contributed by atoms with Gasteiger partial charge in [-0.2, -0.15) is 0 Å². The molecule has 3 rings (SSSR count). The smallest absolute Gasteiger partial charge is 0.311 e. The normalized spacial score (nSPS) is 20.1. The Morgan fingerprint density at radius 1 is 0.964 bits per heavy atom. The van der Waals surface area contributed by atoms with Crippen LogP contribution in [0.2, 0.25) is 5.04 Å². The van der Waals surface area contributed by atoms with Gasteiger partial charge in [-0.15, -0.1) is 0 Å². The molecule has 0 aromatic heterocycles. The summed E-state index contributed by atoms with van der Waals surface area (Å²) in [5.41, 5.74) is 0. The topological polar surface area (TPSA) is 35.5 Å². The molecule has 28 heavy (non-hydrogen) atoms. The molecule has 1 aliphatic rings. The van der Waals surface area contributed by atoms with Crippen LogP contribution in [0.3, 0.4) is 0 Å². The first-order valence-electron chi connectivity index (χ1n) is 10.4. The van der Waals surface area contributed by atoms with Crippen LogP contribution in [-0.4, -0.2) is 27.0 Å². The predicted octanol–water partition coefficient (Wildman–Crippen LogP) is 4.29. The molecule has 0 spiro atoms. The Balaban J connectivity index is 2.10. The fraction of sp³-hybridized carbons (Fsp3) is 0.458. The Kier molecular flexibility index (Phi) is 6.41. The number of carbonyl (C=O) groups is 1. The maximum Gasteiger partial charge on any atom is 0.311 e. The van der Waals surface area contributed by atoms with E-state index in [-0.39, 0.29) is 23.0 Å². The van der Waals surface area contributed by atoms with E-state index in [9.17, 15) is 4.79 Å². The molecule has 0 N–H and O–H groups in total. The van der Waals surface area contributed by atoms with E-state index in [1.165, 1.54) is 10.4 Å². The number of hydrogen-bond donors (Lipinski definition) is 0. The van der Waals surface area contributed by atoms with Crippen molar-refractivity contribution in [1.82, 2.24) is 0 Å². The first kappa shape index (κ1) is 20.8. The summed E-state index contributed by atoms with van der Waals surface area (Å²) in [6.45, 7) is 9.10. The van der Waals surface area contributed by atoms with Crippen LogP contribution >= 0.6 is 0 Å². The van der Waals surface area contributed by atoms with Crippen LogP contribution in [0.5, 0.6) is 0 Å². The second kappa shape index (κ2) is 8.62. The van der Waals surface area contributed by atoms with Crippen LogP contribution in [0.1, 0.15) is 47.0 Å². The van der Waals surface area contributed by atoms with Crippen molar-refractivity contribution in [2.24, 2.45) is 5.92 Å². The van der Waals surface area contributed by atoms with Crippen molar-refractivity contribution < 1.29 is 14.0 Å². The molecule has 1 fully saturated rings. The molecule has 0 bridgehead atoms. The van der Waals surface area contributed by atoms with Gasteiger partial charge in [-0.3, -0.25) is 4.79 Å². The molecule has 0 heterocycles. The molecule has 0 amide bonds. The van der Waals surface area contributed by atoms with Crippen molar-refractivity contribution in [3.05, 3.63) is 60.7 Å². The number of esters is 1. The summed E-state index contributed by atoms with van der Waals surface area (Å²) in [4.78, 5) is 12.6. The first-order chi connectivity index (χ1) is 13.4. The van der Waals surface area contributed by atoms with Crippen LogP contribution in [0, 0.1) is 5.92 Å². The molecule has 1 saturated carbocycles. The Hall–Kier alpha value is -1.91. The van der Waals surface area contributed by atoms with Crippen molar-refractivity contribution in [1.29, 1.82) is 0 Å². The Morgan fingerprint density at radius 2 is 1.50 bits per heavy atom. The molecule has 4 heteroatoms. The van der Waals surface area contributed by atoms with Gasteiger partial charge in [0.1, 0.15) is 0 Å². The molecule has 2 aromatic carbocycles. The lowest BCUT2D eigenvalue weighted by molar-refractivity contribution is -0.150. The van der Waals surface area contributed by atoms with E-state index in [2.05, 4.69) is 69.3 Å². The van der Waals surface area contributed by atoms with Gasteiger partial charge in [0.05, 0.1) is 18.6 Å². The van der Waals surface area contributed by atoms with Crippen molar-refractivity contribution in [2.75, 3.05) is 6.61 Å². The minimum absolute atomic E-state index is 0.0858. The van der Waals surface area contributed by atoms with Crippen LogP contribution in [0.25, 0.3) is 0 Å². The second-order valence-electron chi connectivity index (χ2n) is 8.61. The summed E-state index contributed by atoms with van der Waals surface area (Å²) in [7, 11) is -2.63. The Bertz CT molecular complexity index is 728. The van der Waals surface area contributed by atoms with Gasteiger partial charge in [0.15, 0.2) is 0 Å². The van der Waals surface area contributed by atoms with E-state index in [4.69, 9.17) is 9.16 Å². The average molecular weight is 397 g/mol. The summed E-state index contributed by atoms with van der Waals surface area (Å²) < 4.78 is 12.5. The van der Waals surface area contributed by atoms with Crippen LogP contribution in [0.15, 0.2) is 60.7 Å². The molecule has 0 aliphatic heterocycles. The predicted molar refractivity (Wildman–Crippen MR) is 116 cm³/mol. The molecule has 0 unspecified atom stereocenters. The highest BCUT2D eigenvalue weighted by atomic mass is 28.4. The highest BCUT2D eigenvalue weighted by molar-refractivity contribution is 6.99. The maximum atomic E-state index is 12.6. The van der Waals surface area contributed by atoms with Crippen molar-refractivity contribution in [3.8, 4) is 0 Å². The zero-order valence-corrected chi connectivity index (χ0v) is 18.5. The van der Waals surface area contributed by atoms with E-state index < -0.39 is 8.32 Å². The standard InChI is InChI=1S/C24H32O3Si/c1-5-26-23(25)21-17-12-18-22(21)27-28(24(2,3)4,19-13-8-6-9-14-19)20-15-10-7-11-16-20/h6-11,13-16,21-22H,5,12,17-18H2,1-4H3/t21-,22-/m1/s1. The first-order valence-corrected chi connectivity index (χ1v) is 12.3. The quantitative estimate of drug-likeness (QED) is 0.540. The summed E-state index contributed by atoms with van der Waals surface area (Å²) in [5, 5.41) is 2.42. The number of ether oxygens (including phenoxy) is 1. The summed E-state index contributed by atoms with van der Waals surface area (Å²) in [6.07, 6.45) is 2.67. The van der Waals surface area contributed by atoms with Crippen molar-refractivity contribution in [3.63, 3.8) is 0 Å². The third kappa shape index (κ3) is 3.94. The summed E-state index contributed by atoms with van der Waals surface area (Å²) in [5.74, 6) is -0.274. The van der Waals surface area contributed by atoms with Gasteiger partial charge in [-0.1, -0.05) is 81.4 Å². The largest absolute Gasteiger partial charge is 0.466 e. The minimum atomic E-state index is -2.63. The maximum absolute atomic E-state index is 12.6. The lowest BCUT2D eigenvalue weighted by atomic mass is 10.1. The lowest BCUT2D eigenvalue weighted by Gasteiger charge is -2.45. The molecule has 3 nitrogen and oxygen atoms in total. The van der Waals surface area contributed by atoms with Crippen LogP contribution in [0.4, 0.5) is 0 Å². The fourth-order valence-electron chi connectivity index (χ4n) is 4.50. The Morgan fingerprint density at radius 3 is 1.96 bits per heavy atom. The van der Waals surface area contributed by atoms with E-state index in [0.29, 0.717) is 6.61 Å². The van der Waals surface area contributed by atoms with E-state index >= 15 is 0 Å². The molecule has 150 valence electrons. The molecule has 2 aromatic rings. The lowest BCUT2D eigenvalue weighted by Crippen LogP contribution is -2.68. The highest BCUT2D eigenvalue weighted by Crippen LogP contribution is 2.41. The molecule has 0 saturated heterocycles. The van der Waals surface area contributed by atoms with E-state index in [1.807, 2.05) is 19.1 Å². The molecule has 1 aliphatic carbocycles. The van der Waals surface area contributed by atoms with Gasteiger partial charge >= 0.3 is 5.97 Å². The van der Waals surface area contributed by atoms with E-state index in [0.717, 1.165) is 19.3 Å². The number of carbonyl (C=O) groups excluding carboxylic acids is 1. The Labute approximate surface area is 170 Å². The zero-order chi connectivity index (χ0) is 20.2. The third-order valence-corrected chi connectivity index (χ3v) is 10.8. The van der Waals surface area contributed by atoms with Gasteiger partial charge in [-0.25, -0.2) is 0 Å².